The first kappa shape index (κ1) is 62.0. The molecule has 0 bridgehead atoms. The Bertz CT molecular complexity index is 5470. The van der Waals surface area contributed by atoms with Gasteiger partial charge >= 0.3 is 0 Å². The molecule has 0 aliphatic carbocycles. The Morgan fingerprint density at radius 3 is 0.907 bits per heavy atom. The molecule has 6 nitrogen and oxygen atoms in total. The fraction of sp³-hybridized carbons (Fsp3) is 0.101. The normalized spacial score (nSPS) is 11.8. The summed E-state index contributed by atoms with van der Waals surface area (Å²) < 4.78 is 0. The maximum absolute atomic E-state index is 10.1. The summed E-state index contributed by atoms with van der Waals surface area (Å²) in [4.78, 5) is 9.44. The third kappa shape index (κ3) is 11.5. The molecule has 0 aliphatic heterocycles. The summed E-state index contributed by atoms with van der Waals surface area (Å²) in [7, 11) is -2.88. The molecule has 0 atom stereocenters. The molecule has 16 aromatic carbocycles. The van der Waals surface area contributed by atoms with Gasteiger partial charge in [-0.15, -0.1) is 0 Å². The molecule has 16 rings (SSSR count). The van der Waals surface area contributed by atoms with Crippen LogP contribution in [0.3, 0.4) is 0 Å². The summed E-state index contributed by atoms with van der Waals surface area (Å²) >= 11 is 0. The Labute approximate surface area is 571 Å². The number of hydrogen-bond donors (Lipinski definition) is 2. The Hall–Kier alpha value is -11.2. The highest BCUT2D eigenvalue weighted by Crippen LogP contribution is 2.51. The van der Waals surface area contributed by atoms with Gasteiger partial charge in [-0.2, -0.15) is 0 Å². The molecule has 16 aromatic rings. The van der Waals surface area contributed by atoms with E-state index in [4.69, 9.17) is 0 Å². The van der Waals surface area contributed by atoms with Crippen molar-refractivity contribution in [1.29, 1.82) is 0 Å². The number of para-hydroxylation sites is 4. The van der Waals surface area contributed by atoms with Crippen LogP contribution in [0, 0.1) is 6.92 Å². The van der Waals surface area contributed by atoms with Crippen LogP contribution in [0.5, 0.6) is 11.5 Å². The maximum atomic E-state index is 10.1. The second-order valence-corrected chi connectivity index (χ2v) is 37.7. The van der Waals surface area contributed by atoms with Gasteiger partial charge in [-0.3, -0.25) is 0 Å². The molecule has 97 heavy (non-hydrogen) atoms. The van der Waals surface area contributed by atoms with Gasteiger partial charge in [-0.1, -0.05) is 214 Å². The van der Waals surface area contributed by atoms with Crippen LogP contribution in [0.2, 0.25) is 39.3 Å². The molecular formula is C89H78N4O2Si2. The van der Waals surface area contributed by atoms with Crippen molar-refractivity contribution in [2.45, 2.75) is 59.6 Å². The SMILES string of the molecule is CCc1cc(N(c2ccccc2)c2ccc(O)cc2)c2ccc3ccc(N(c4ccccc4)c4ccc(O)cc4)c4ccc1c2c34.Cc1cc(N(c2ccccc2)c2ccc([Si](C)(C)C)cc2)c2ccc3ccc(N(c4ccccc4)c4ccc([Si](C)(C)C)cc4)c4ccc1c2c34. The van der Waals surface area contributed by atoms with Gasteiger partial charge in [-0.05, 0) is 213 Å². The van der Waals surface area contributed by atoms with E-state index in [1.165, 1.54) is 98.1 Å². The average molecular weight is 1290 g/mol. The molecule has 2 N–H and O–H groups in total. The zero-order valence-corrected chi connectivity index (χ0v) is 58.3. The number of nitrogens with zero attached hydrogens (tertiary/aromatic N) is 4. The molecule has 0 aromatic heterocycles. The number of phenolic OH excluding ortho intramolecular Hbond substituents is 2. The molecule has 0 heterocycles. The molecule has 0 saturated heterocycles. The van der Waals surface area contributed by atoms with Gasteiger partial charge in [-0.25, -0.2) is 0 Å². The predicted molar refractivity (Wildman–Crippen MR) is 422 cm³/mol. The van der Waals surface area contributed by atoms with Gasteiger partial charge in [0.15, 0.2) is 0 Å². The smallest absolute Gasteiger partial charge is 0.115 e. The summed E-state index contributed by atoms with van der Waals surface area (Å²) in [6, 6.07) is 108. The van der Waals surface area contributed by atoms with Crippen molar-refractivity contribution in [1.82, 2.24) is 0 Å². The van der Waals surface area contributed by atoms with Gasteiger partial charge in [0.1, 0.15) is 11.5 Å². The fourth-order valence-corrected chi connectivity index (χ4v) is 16.8. The topological polar surface area (TPSA) is 53.4 Å². The number of aromatic hydroxyl groups is 2. The first-order chi connectivity index (χ1) is 47.1. The first-order valence-corrected chi connectivity index (χ1v) is 40.7. The van der Waals surface area contributed by atoms with Crippen molar-refractivity contribution < 1.29 is 10.2 Å². The molecule has 474 valence electrons. The molecule has 0 radical (unpaired) electrons. The zero-order valence-electron chi connectivity index (χ0n) is 56.3. The molecule has 0 aliphatic rings. The summed E-state index contributed by atoms with van der Waals surface area (Å²) in [5, 5.41) is 38.1. The minimum Gasteiger partial charge on any atom is -0.508 e. The Morgan fingerprint density at radius 2 is 0.546 bits per heavy atom. The van der Waals surface area contributed by atoms with E-state index in [-0.39, 0.29) is 11.5 Å². The molecule has 0 spiro atoms. The van der Waals surface area contributed by atoms with Crippen LogP contribution in [0.25, 0.3) is 64.6 Å². The number of hydrogen-bond acceptors (Lipinski definition) is 6. The minimum absolute atomic E-state index is 0.239. The molecule has 0 fully saturated rings. The lowest BCUT2D eigenvalue weighted by atomic mass is 9.89. The Morgan fingerprint density at radius 1 is 0.268 bits per heavy atom. The molecule has 8 heteroatoms. The van der Waals surface area contributed by atoms with E-state index in [1.54, 1.807) is 24.3 Å². The fourth-order valence-electron chi connectivity index (χ4n) is 14.5. The van der Waals surface area contributed by atoms with E-state index in [1.807, 2.05) is 36.4 Å². The summed E-state index contributed by atoms with van der Waals surface area (Å²) in [6.07, 6.45) is 0.885. The quantitative estimate of drug-likeness (QED) is 0.0788. The third-order valence-corrected chi connectivity index (χ3v) is 23.5. The number of benzene rings is 16. The molecule has 0 unspecified atom stereocenters. The van der Waals surface area contributed by atoms with E-state index in [2.05, 4.69) is 315 Å². The monoisotopic (exact) mass is 1290 g/mol. The number of phenols is 2. The van der Waals surface area contributed by atoms with Gasteiger partial charge in [0, 0.05) is 67.0 Å². The van der Waals surface area contributed by atoms with Crippen molar-refractivity contribution in [3.8, 4) is 11.5 Å². The summed E-state index contributed by atoms with van der Waals surface area (Å²) in [5.41, 5.74) is 15.8. The number of rotatable bonds is 15. The van der Waals surface area contributed by atoms with Gasteiger partial charge in [0.05, 0.1) is 38.9 Å². The van der Waals surface area contributed by atoms with Crippen LogP contribution >= 0.6 is 0 Å². The zero-order chi connectivity index (χ0) is 66.7. The molecule has 0 saturated carbocycles. The predicted octanol–water partition coefficient (Wildman–Crippen LogP) is 24.4. The van der Waals surface area contributed by atoms with Crippen LogP contribution in [-0.4, -0.2) is 26.4 Å². The van der Waals surface area contributed by atoms with Crippen LogP contribution in [0.4, 0.5) is 68.2 Å². The molecular weight excluding hydrogens is 1210 g/mol. The van der Waals surface area contributed by atoms with Crippen molar-refractivity contribution in [3.05, 3.63) is 314 Å². The standard InChI is InChI=1S/C47H46N2Si2.C42H32N2O2/c1-33-32-45(49(36-16-12-9-13-17-36)38-22-26-40(27-23-38)51(5,6)7)43-28-18-34-19-31-44(42-30-29-41(33)47(43)46(34)42)48(35-14-10-8-11-15-35)37-20-24-39(25-21-37)50(2,3)4;1-2-28-27-40(44(31-11-7-4-8-12-31)33-17-21-35(46)22-18-33)38-23-13-29-14-26-39(37-25-24-36(28)42(38)41(29)37)43(30-9-5-3-6-10-30)32-15-19-34(45)20-16-32/h8-32H,1-7H3;3-27,45-46H,2H2,1H3. The van der Waals surface area contributed by atoms with Crippen molar-refractivity contribution >= 4 is 159 Å². The first-order valence-electron chi connectivity index (χ1n) is 33.7. The lowest BCUT2D eigenvalue weighted by molar-refractivity contribution is 0.475. The van der Waals surface area contributed by atoms with Crippen molar-refractivity contribution in [2.24, 2.45) is 0 Å². The van der Waals surface area contributed by atoms with Crippen molar-refractivity contribution in [2.75, 3.05) is 19.6 Å². The second kappa shape index (κ2) is 25.2. The minimum atomic E-state index is -1.44. The third-order valence-electron chi connectivity index (χ3n) is 19.4. The highest BCUT2D eigenvalue weighted by atomic mass is 28.3. The lowest BCUT2D eigenvalue weighted by Gasteiger charge is -2.30. The van der Waals surface area contributed by atoms with E-state index >= 15 is 0 Å². The van der Waals surface area contributed by atoms with E-state index in [0.717, 1.165) is 62.7 Å². The van der Waals surface area contributed by atoms with E-state index in [9.17, 15) is 10.2 Å². The second-order valence-electron chi connectivity index (χ2n) is 27.6. The number of anilines is 12. The van der Waals surface area contributed by atoms with E-state index < -0.39 is 16.1 Å². The van der Waals surface area contributed by atoms with Gasteiger partial charge < -0.3 is 29.8 Å². The maximum Gasteiger partial charge on any atom is 0.115 e. The highest BCUT2D eigenvalue weighted by Gasteiger charge is 2.27. The van der Waals surface area contributed by atoms with Gasteiger partial charge in [0.25, 0.3) is 0 Å². The Kier molecular flexibility index (Phi) is 16.1. The Balaban J connectivity index is 0.000000160. The molecule has 0 amide bonds. The largest absolute Gasteiger partial charge is 0.508 e. The summed E-state index contributed by atoms with van der Waals surface area (Å²) in [5.74, 6) is 0.480. The van der Waals surface area contributed by atoms with Crippen LogP contribution in [-0.2, 0) is 6.42 Å². The van der Waals surface area contributed by atoms with E-state index in [0.29, 0.717) is 0 Å². The van der Waals surface area contributed by atoms with Crippen LogP contribution in [0.15, 0.2) is 303 Å². The highest BCUT2D eigenvalue weighted by molar-refractivity contribution is 6.89. The van der Waals surface area contributed by atoms with Gasteiger partial charge in [0.2, 0.25) is 0 Å². The van der Waals surface area contributed by atoms with Crippen LogP contribution in [0.1, 0.15) is 18.1 Å². The summed E-state index contributed by atoms with van der Waals surface area (Å²) in [6.45, 7) is 19.0. The lowest BCUT2D eigenvalue weighted by Crippen LogP contribution is -2.37. The average Bonchev–Trinajstić information content (AvgIpc) is 0.722. The number of aryl methyl sites for hydroxylation is 2. The van der Waals surface area contributed by atoms with Crippen LogP contribution < -0.4 is 30.0 Å². The van der Waals surface area contributed by atoms with Crippen molar-refractivity contribution in [3.63, 3.8) is 0 Å².